The zero-order chi connectivity index (χ0) is 17.4. The molecular weight excluding hydrogens is 314 g/mol. The molecule has 4 rings (SSSR count). The number of nitrogens with zero attached hydrogens (tertiary/aromatic N) is 4. The number of hydrogen-bond acceptors (Lipinski definition) is 4. The number of aromatic nitrogens is 4. The van der Waals surface area contributed by atoms with Crippen LogP contribution in [0.3, 0.4) is 0 Å². The molecule has 0 aliphatic carbocycles. The minimum Gasteiger partial charge on any atom is -0.351 e. The van der Waals surface area contributed by atoms with Crippen LogP contribution in [0.5, 0.6) is 0 Å². The number of rotatable bonds is 3. The molecule has 1 aliphatic heterocycles. The van der Waals surface area contributed by atoms with Crippen LogP contribution in [0.4, 0.5) is 5.82 Å². The highest BCUT2D eigenvalue weighted by molar-refractivity contribution is 5.75. The highest BCUT2D eigenvalue weighted by atomic mass is 16.1. The summed E-state index contributed by atoms with van der Waals surface area (Å²) >= 11 is 0. The molecule has 6 nitrogen and oxygen atoms in total. The summed E-state index contributed by atoms with van der Waals surface area (Å²) in [5.74, 6) is 1.86. The van der Waals surface area contributed by atoms with Gasteiger partial charge < -0.3 is 14.5 Å². The highest BCUT2D eigenvalue weighted by Crippen LogP contribution is 2.28. The van der Waals surface area contributed by atoms with Gasteiger partial charge in [0.2, 0.25) is 0 Å². The molecule has 0 bridgehead atoms. The number of hydrogen-bond donors (Lipinski definition) is 1. The quantitative estimate of drug-likeness (QED) is 0.798. The van der Waals surface area contributed by atoms with Crippen molar-refractivity contribution in [1.29, 1.82) is 0 Å². The third-order valence-electron chi connectivity index (χ3n) is 5.00. The molecule has 0 amide bonds. The van der Waals surface area contributed by atoms with Gasteiger partial charge >= 0.3 is 0 Å². The van der Waals surface area contributed by atoms with Crippen LogP contribution in [0.15, 0.2) is 35.4 Å². The summed E-state index contributed by atoms with van der Waals surface area (Å²) in [5.41, 5.74) is 3.30. The zero-order valence-corrected chi connectivity index (χ0v) is 14.7. The number of H-pyrrole nitrogens is 1. The van der Waals surface area contributed by atoms with E-state index in [4.69, 9.17) is 4.98 Å². The van der Waals surface area contributed by atoms with Crippen LogP contribution in [0.2, 0.25) is 0 Å². The van der Waals surface area contributed by atoms with Crippen molar-refractivity contribution in [2.75, 3.05) is 18.0 Å². The predicted octanol–water partition coefficient (Wildman–Crippen LogP) is 2.83. The first-order valence-corrected chi connectivity index (χ1v) is 8.92. The van der Waals surface area contributed by atoms with Gasteiger partial charge in [0, 0.05) is 37.9 Å². The number of imidazole rings is 1. The van der Waals surface area contributed by atoms with Crippen LogP contribution >= 0.6 is 0 Å². The first-order chi connectivity index (χ1) is 12.2. The summed E-state index contributed by atoms with van der Waals surface area (Å²) in [6, 6.07) is 6.27. The normalized spacial score (nSPS) is 18.0. The van der Waals surface area contributed by atoms with Gasteiger partial charge in [-0.25, -0.2) is 9.97 Å². The maximum absolute atomic E-state index is 12.6. The summed E-state index contributed by atoms with van der Waals surface area (Å²) in [6.07, 6.45) is 5.57. The fraction of sp³-hybridized carbons (Fsp3) is 0.421. The lowest BCUT2D eigenvalue weighted by atomic mass is 9.97. The van der Waals surface area contributed by atoms with Crippen LogP contribution in [-0.2, 0) is 6.54 Å². The molecule has 25 heavy (non-hydrogen) atoms. The van der Waals surface area contributed by atoms with Gasteiger partial charge in [0.05, 0.1) is 11.0 Å². The van der Waals surface area contributed by atoms with Crippen LogP contribution < -0.4 is 10.5 Å². The Morgan fingerprint density at radius 1 is 1.36 bits per heavy atom. The van der Waals surface area contributed by atoms with E-state index in [-0.39, 0.29) is 11.5 Å². The second kappa shape index (κ2) is 6.35. The van der Waals surface area contributed by atoms with Gasteiger partial charge in [-0.15, -0.1) is 0 Å². The first kappa shape index (κ1) is 15.9. The van der Waals surface area contributed by atoms with E-state index in [1.807, 2.05) is 6.92 Å². The Morgan fingerprint density at radius 3 is 3.08 bits per heavy atom. The lowest BCUT2D eigenvalue weighted by molar-refractivity contribution is 0.489. The van der Waals surface area contributed by atoms with E-state index in [0.29, 0.717) is 12.4 Å². The number of nitrogens with one attached hydrogen (secondary N) is 1. The van der Waals surface area contributed by atoms with Crippen LogP contribution in [-0.4, -0.2) is 32.6 Å². The van der Waals surface area contributed by atoms with Crippen LogP contribution in [0.25, 0.3) is 11.0 Å². The van der Waals surface area contributed by atoms with Crippen molar-refractivity contribution in [3.63, 3.8) is 0 Å². The Balaban J connectivity index is 1.63. The molecule has 2 aromatic heterocycles. The smallest absolute Gasteiger partial charge is 0.293 e. The first-order valence-electron chi connectivity index (χ1n) is 8.92. The Morgan fingerprint density at radius 2 is 2.24 bits per heavy atom. The Bertz CT molecular complexity index is 958. The van der Waals surface area contributed by atoms with Crippen molar-refractivity contribution in [3.8, 4) is 0 Å². The van der Waals surface area contributed by atoms with Gasteiger partial charge in [-0.2, -0.15) is 0 Å². The molecule has 130 valence electrons. The fourth-order valence-corrected chi connectivity index (χ4v) is 3.63. The van der Waals surface area contributed by atoms with Gasteiger partial charge in [0.15, 0.2) is 5.82 Å². The molecule has 0 saturated carbocycles. The second-order valence-electron chi connectivity index (χ2n) is 6.77. The summed E-state index contributed by atoms with van der Waals surface area (Å²) in [7, 11) is 0. The van der Waals surface area contributed by atoms with Crippen molar-refractivity contribution in [1.82, 2.24) is 19.5 Å². The molecule has 1 aliphatic rings. The van der Waals surface area contributed by atoms with Gasteiger partial charge in [0.25, 0.3) is 5.56 Å². The van der Waals surface area contributed by atoms with E-state index in [0.717, 1.165) is 42.8 Å². The lowest BCUT2D eigenvalue weighted by Gasteiger charge is -2.32. The van der Waals surface area contributed by atoms with E-state index < -0.39 is 0 Å². The molecule has 1 N–H and O–H groups in total. The standard InChI is InChI=1S/C19H23N5O/c1-3-23-10-8-20-18(19(23)25)24-9-4-5-14(12-24)17-21-15-7-6-13(2)11-16(15)22-17/h6-8,10-11,14H,3-5,9,12H2,1-2H3,(H,21,22)/t14-/m1/s1. The Kier molecular flexibility index (Phi) is 4.03. The van der Waals surface area contributed by atoms with E-state index in [1.165, 1.54) is 5.56 Å². The van der Waals surface area contributed by atoms with E-state index in [9.17, 15) is 4.79 Å². The number of fused-ring (bicyclic) bond motifs is 1. The molecule has 1 atom stereocenters. The van der Waals surface area contributed by atoms with Crippen LogP contribution in [0, 0.1) is 6.92 Å². The van der Waals surface area contributed by atoms with Crippen molar-refractivity contribution in [3.05, 3.63) is 52.3 Å². The van der Waals surface area contributed by atoms with Crippen molar-refractivity contribution < 1.29 is 0 Å². The second-order valence-corrected chi connectivity index (χ2v) is 6.77. The van der Waals surface area contributed by atoms with Crippen molar-refractivity contribution in [2.24, 2.45) is 0 Å². The molecule has 1 fully saturated rings. The number of anilines is 1. The molecule has 0 spiro atoms. The Hall–Kier alpha value is -2.63. The molecule has 1 saturated heterocycles. The average molecular weight is 337 g/mol. The SMILES string of the molecule is CCn1ccnc(N2CCC[C@@H](c3nc4ccc(C)cc4[nH]3)C2)c1=O. The predicted molar refractivity (Wildman–Crippen MR) is 99.2 cm³/mol. The molecule has 3 aromatic rings. The minimum absolute atomic E-state index is 0.00844. The Labute approximate surface area is 146 Å². The molecule has 3 heterocycles. The zero-order valence-electron chi connectivity index (χ0n) is 14.7. The van der Waals surface area contributed by atoms with E-state index in [2.05, 4.69) is 40.0 Å². The monoisotopic (exact) mass is 337 g/mol. The van der Waals surface area contributed by atoms with E-state index >= 15 is 0 Å². The molecule has 0 radical (unpaired) electrons. The third-order valence-corrected chi connectivity index (χ3v) is 5.00. The average Bonchev–Trinajstić information content (AvgIpc) is 3.05. The maximum Gasteiger partial charge on any atom is 0.293 e. The van der Waals surface area contributed by atoms with Gasteiger partial charge in [-0.3, -0.25) is 4.79 Å². The minimum atomic E-state index is -0.00844. The third kappa shape index (κ3) is 2.92. The van der Waals surface area contributed by atoms with Crippen molar-refractivity contribution in [2.45, 2.75) is 39.2 Å². The highest BCUT2D eigenvalue weighted by Gasteiger charge is 2.26. The summed E-state index contributed by atoms with van der Waals surface area (Å²) < 4.78 is 1.70. The number of benzene rings is 1. The van der Waals surface area contributed by atoms with Crippen LogP contribution in [0.1, 0.15) is 37.1 Å². The topological polar surface area (TPSA) is 66.8 Å². The number of aryl methyl sites for hydroxylation is 2. The van der Waals surface area contributed by atoms with Crippen molar-refractivity contribution >= 4 is 16.9 Å². The summed E-state index contributed by atoms with van der Waals surface area (Å²) in [5, 5.41) is 0. The summed E-state index contributed by atoms with van der Waals surface area (Å²) in [4.78, 5) is 27.3. The number of aromatic amines is 1. The van der Waals surface area contributed by atoms with Gasteiger partial charge in [-0.05, 0) is 44.4 Å². The summed E-state index contributed by atoms with van der Waals surface area (Å²) in [6.45, 7) is 6.36. The fourth-order valence-electron chi connectivity index (χ4n) is 3.63. The maximum atomic E-state index is 12.6. The molecule has 0 unspecified atom stereocenters. The van der Waals surface area contributed by atoms with E-state index in [1.54, 1.807) is 17.0 Å². The number of piperidine rings is 1. The van der Waals surface area contributed by atoms with Gasteiger partial charge in [0.1, 0.15) is 5.82 Å². The molecule has 6 heteroatoms. The lowest BCUT2D eigenvalue weighted by Crippen LogP contribution is -2.39. The molecule has 1 aromatic carbocycles. The largest absolute Gasteiger partial charge is 0.351 e. The molecular formula is C19H23N5O. The van der Waals surface area contributed by atoms with Gasteiger partial charge in [-0.1, -0.05) is 6.07 Å².